The molecule has 1 unspecified atom stereocenters. The summed E-state index contributed by atoms with van der Waals surface area (Å²) in [6, 6.07) is 0. The standard InChI is InChI=1S/C11H14O/c1-9-2-5-11(6-3-9)7-4-10(12)8-11/h2,4,7H,3,5-6,8H2,1H3. The molecule has 64 valence electrons. The highest BCUT2D eigenvalue weighted by atomic mass is 16.1. The highest BCUT2D eigenvalue weighted by molar-refractivity contribution is 5.93. The summed E-state index contributed by atoms with van der Waals surface area (Å²) in [4.78, 5) is 11.1. The topological polar surface area (TPSA) is 17.1 Å². The number of hydrogen-bond acceptors (Lipinski definition) is 1. The van der Waals surface area contributed by atoms with E-state index in [4.69, 9.17) is 0 Å². The lowest BCUT2D eigenvalue weighted by atomic mass is 9.75. The van der Waals surface area contributed by atoms with Gasteiger partial charge in [0.2, 0.25) is 0 Å². The fraction of sp³-hybridized carbons (Fsp3) is 0.545. The Morgan fingerprint density at radius 3 is 2.83 bits per heavy atom. The van der Waals surface area contributed by atoms with Crippen LogP contribution < -0.4 is 0 Å². The molecule has 1 spiro atoms. The Morgan fingerprint density at radius 1 is 1.50 bits per heavy atom. The molecule has 2 aliphatic carbocycles. The van der Waals surface area contributed by atoms with Crippen LogP contribution in [0.4, 0.5) is 0 Å². The molecule has 12 heavy (non-hydrogen) atoms. The van der Waals surface area contributed by atoms with Crippen molar-refractivity contribution in [3.8, 4) is 0 Å². The summed E-state index contributed by atoms with van der Waals surface area (Å²) >= 11 is 0. The van der Waals surface area contributed by atoms with E-state index in [0.29, 0.717) is 5.78 Å². The Kier molecular flexibility index (Phi) is 1.67. The van der Waals surface area contributed by atoms with Crippen LogP contribution in [0.3, 0.4) is 0 Å². The predicted molar refractivity (Wildman–Crippen MR) is 48.8 cm³/mol. The normalized spacial score (nSPS) is 34.4. The van der Waals surface area contributed by atoms with Crippen molar-refractivity contribution in [1.82, 2.24) is 0 Å². The van der Waals surface area contributed by atoms with Crippen LogP contribution >= 0.6 is 0 Å². The van der Waals surface area contributed by atoms with Gasteiger partial charge in [-0.15, -0.1) is 0 Å². The average molecular weight is 162 g/mol. The van der Waals surface area contributed by atoms with Gasteiger partial charge in [-0.2, -0.15) is 0 Å². The van der Waals surface area contributed by atoms with Crippen LogP contribution in [0.25, 0.3) is 0 Å². The highest BCUT2D eigenvalue weighted by Crippen LogP contribution is 2.42. The van der Waals surface area contributed by atoms with Crippen LogP contribution in [0.1, 0.15) is 32.6 Å². The third-order valence-corrected chi connectivity index (χ3v) is 3.02. The lowest BCUT2D eigenvalue weighted by Gasteiger charge is -2.29. The van der Waals surface area contributed by atoms with Crippen molar-refractivity contribution in [2.45, 2.75) is 32.6 Å². The van der Waals surface area contributed by atoms with E-state index in [-0.39, 0.29) is 5.41 Å². The van der Waals surface area contributed by atoms with Crippen LogP contribution in [-0.2, 0) is 4.79 Å². The zero-order valence-corrected chi connectivity index (χ0v) is 7.47. The predicted octanol–water partition coefficient (Wildman–Crippen LogP) is 2.63. The molecule has 0 bridgehead atoms. The number of carbonyl (C=O) groups excluding carboxylic acids is 1. The molecule has 0 saturated heterocycles. The molecule has 0 aliphatic heterocycles. The van der Waals surface area contributed by atoms with E-state index in [1.807, 2.05) is 0 Å². The molecule has 1 nitrogen and oxygen atoms in total. The van der Waals surface area contributed by atoms with Gasteiger partial charge in [0.15, 0.2) is 5.78 Å². The smallest absolute Gasteiger partial charge is 0.156 e. The average Bonchev–Trinajstić information content (AvgIpc) is 2.40. The summed E-state index contributed by atoms with van der Waals surface area (Å²) in [6.07, 6.45) is 10.3. The number of allylic oxidation sites excluding steroid dienone is 4. The van der Waals surface area contributed by atoms with Gasteiger partial charge in [0, 0.05) is 6.42 Å². The maximum atomic E-state index is 11.1. The van der Waals surface area contributed by atoms with Crippen molar-refractivity contribution in [3.63, 3.8) is 0 Å². The van der Waals surface area contributed by atoms with Crippen molar-refractivity contribution in [2.24, 2.45) is 5.41 Å². The molecule has 0 heterocycles. The lowest BCUT2D eigenvalue weighted by molar-refractivity contribution is -0.115. The Hall–Kier alpha value is -0.850. The Morgan fingerprint density at radius 2 is 2.33 bits per heavy atom. The Balaban J connectivity index is 2.16. The van der Waals surface area contributed by atoms with Gasteiger partial charge in [0.05, 0.1) is 0 Å². The molecule has 0 fully saturated rings. The molecular formula is C11H14O. The summed E-state index contributed by atoms with van der Waals surface area (Å²) in [6.45, 7) is 2.17. The second kappa shape index (κ2) is 2.58. The number of carbonyl (C=O) groups is 1. The van der Waals surface area contributed by atoms with E-state index in [0.717, 1.165) is 25.7 Å². The van der Waals surface area contributed by atoms with Gasteiger partial charge in [-0.1, -0.05) is 17.7 Å². The minimum Gasteiger partial charge on any atom is -0.295 e. The van der Waals surface area contributed by atoms with Crippen LogP contribution in [0, 0.1) is 5.41 Å². The first-order valence-corrected chi connectivity index (χ1v) is 4.58. The minimum atomic E-state index is 0.219. The van der Waals surface area contributed by atoms with E-state index in [2.05, 4.69) is 19.1 Å². The van der Waals surface area contributed by atoms with E-state index >= 15 is 0 Å². The fourth-order valence-electron chi connectivity index (χ4n) is 2.07. The number of rotatable bonds is 0. The van der Waals surface area contributed by atoms with E-state index in [1.165, 1.54) is 5.57 Å². The largest absolute Gasteiger partial charge is 0.295 e. The lowest BCUT2D eigenvalue weighted by Crippen LogP contribution is -2.19. The first-order chi connectivity index (χ1) is 5.70. The molecule has 2 aliphatic rings. The van der Waals surface area contributed by atoms with Crippen LogP contribution in [0.15, 0.2) is 23.8 Å². The van der Waals surface area contributed by atoms with Gasteiger partial charge in [0.1, 0.15) is 0 Å². The Labute approximate surface area is 73.2 Å². The number of hydrogen-bond donors (Lipinski definition) is 0. The first-order valence-electron chi connectivity index (χ1n) is 4.58. The molecule has 0 aromatic carbocycles. The van der Waals surface area contributed by atoms with Gasteiger partial charge in [-0.25, -0.2) is 0 Å². The minimum absolute atomic E-state index is 0.219. The van der Waals surface area contributed by atoms with E-state index < -0.39 is 0 Å². The molecule has 0 aromatic heterocycles. The maximum absolute atomic E-state index is 11.1. The van der Waals surface area contributed by atoms with Crippen molar-refractivity contribution >= 4 is 5.78 Å². The molecular weight excluding hydrogens is 148 g/mol. The van der Waals surface area contributed by atoms with Gasteiger partial charge >= 0.3 is 0 Å². The highest BCUT2D eigenvalue weighted by Gasteiger charge is 2.34. The quantitative estimate of drug-likeness (QED) is 0.500. The fourth-order valence-corrected chi connectivity index (χ4v) is 2.07. The third kappa shape index (κ3) is 1.24. The van der Waals surface area contributed by atoms with Gasteiger partial charge < -0.3 is 0 Å². The van der Waals surface area contributed by atoms with Crippen LogP contribution in [0.5, 0.6) is 0 Å². The first kappa shape index (κ1) is 7.78. The molecule has 1 heteroatoms. The van der Waals surface area contributed by atoms with Crippen molar-refractivity contribution in [1.29, 1.82) is 0 Å². The second-order valence-electron chi connectivity index (χ2n) is 4.09. The summed E-state index contributed by atoms with van der Waals surface area (Å²) < 4.78 is 0. The molecule has 0 N–H and O–H groups in total. The molecule has 0 aromatic rings. The molecule has 0 amide bonds. The summed E-state index contributed by atoms with van der Waals surface area (Å²) in [7, 11) is 0. The van der Waals surface area contributed by atoms with Crippen molar-refractivity contribution in [2.75, 3.05) is 0 Å². The second-order valence-corrected chi connectivity index (χ2v) is 4.09. The zero-order chi connectivity index (χ0) is 8.60. The van der Waals surface area contributed by atoms with E-state index in [9.17, 15) is 4.79 Å². The van der Waals surface area contributed by atoms with Crippen molar-refractivity contribution < 1.29 is 4.79 Å². The molecule has 0 saturated carbocycles. The van der Waals surface area contributed by atoms with Crippen LogP contribution in [0.2, 0.25) is 0 Å². The maximum Gasteiger partial charge on any atom is 0.156 e. The SMILES string of the molecule is CC1=CCC2(C=CC(=O)C2)CC1. The van der Waals surface area contributed by atoms with E-state index in [1.54, 1.807) is 6.08 Å². The monoisotopic (exact) mass is 162 g/mol. The number of ketones is 1. The third-order valence-electron chi connectivity index (χ3n) is 3.02. The summed E-state index contributed by atoms with van der Waals surface area (Å²) in [5.41, 5.74) is 1.70. The van der Waals surface area contributed by atoms with Crippen molar-refractivity contribution in [3.05, 3.63) is 23.8 Å². The van der Waals surface area contributed by atoms with Crippen LogP contribution in [-0.4, -0.2) is 5.78 Å². The van der Waals surface area contributed by atoms with Gasteiger partial charge in [-0.05, 0) is 37.7 Å². The summed E-state index contributed by atoms with van der Waals surface area (Å²) in [5.74, 6) is 0.308. The molecule has 2 rings (SSSR count). The summed E-state index contributed by atoms with van der Waals surface area (Å²) in [5, 5.41) is 0. The van der Waals surface area contributed by atoms with Gasteiger partial charge in [-0.3, -0.25) is 4.79 Å². The van der Waals surface area contributed by atoms with Gasteiger partial charge in [0.25, 0.3) is 0 Å². The molecule has 0 radical (unpaired) electrons. The molecule has 1 atom stereocenters. The Bertz CT molecular complexity index is 273. The zero-order valence-electron chi connectivity index (χ0n) is 7.47.